The molecule has 1 aromatic rings. The first-order valence-corrected chi connectivity index (χ1v) is 3.44. The number of carbonyl (C=O) groups excluding carboxylic acids is 1. The molecule has 0 radical (unpaired) electrons. The summed E-state index contributed by atoms with van der Waals surface area (Å²) >= 11 is 1.49. The fourth-order valence-corrected chi connectivity index (χ4v) is 1.23. The van der Waals surface area contributed by atoms with Gasteiger partial charge in [-0.3, -0.25) is 0 Å². The van der Waals surface area contributed by atoms with Gasteiger partial charge in [-0.05, 0) is 22.4 Å². The maximum Gasteiger partial charge on any atom is 1.00 e. The molecule has 0 N–H and O–H groups in total. The second kappa shape index (κ2) is 4.91. The normalized spacial score (nSPS) is 8.40. The minimum absolute atomic E-state index is 0. The van der Waals surface area contributed by atoms with E-state index in [4.69, 9.17) is 0 Å². The van der Waals surface area contributed by atoms with Crippen molar-refractivity contribution in [2.75, 3.05) is 0 Å². The van der Waals surface area contributed by atoms with Gasteiger partial charge in [-0.25, -0.2) is 0 Å². The van der Waals surface area contributed by atoms with Gasteiger partial charge >= 0.3 is 29.6 Å². The zero-order valence-electron chi connectivity index (χ0n) is 5.66. The van der Waals surface area contributed by atoms with Gasteiger partial charge in [-0.15, -0.1) is 0 Å². The van der Waals surface area contributed by atoms with E-state index in [-0.39, 0.29) is 36.0 Å². The van der Waals surface area contributed by atoms with Crippen molar-refractivity contribution < 1.29 is 39.5 Å². The Morgan fingerprint density at radius 2 is 2.40 bits per heavy atom. The first-order valence-electron chi connectivity index (χ1n) is 2.50. The van der Waals surface area contributed by atoms with Crippen molar-refractivity contribution in [2.45, 2.75) is 6.42 Å². The minimum Gasteiger partial charge on any atom is -0.550 e. The van der Waals surface area contributed by atoms with Gasteiger partial charge in [-0.1, -0.05) is 0 Å². The van der Waals surface area contributed by atoms with Crippen molar-refractivity contribution in [3.63, 3.8) is 0 Å². The van der Waals surface area contributed by atoms with Crippen LogP contribution in [-0.2, 0) is 11.2 Å². The maximum atomic E-state index is 9.96. The summed E-state index contributed by atoms with van der Waals surface area (Å²) in [5.41, 5.74) is 0.819. The first kappa shape index (κ1) is 10.2. The molecule has 0 aliphatic carbocycles. The molecule has 0 amide bonds. The van der Waals surface area contributed by atoms with Gasteiger partial charge in [0.2, 0.25) is 0 Å². The molecular weight excluding hydrogens is 159 g/mol. The third-order valence-corrected chi connectivity index (χ3v) is 1.66. The van der Waals surface area contributed by atoms with Crippen LogP contribution in [0.5, 0.6) is 0 Å². The van der Waals surface area contributed by atoms with Crippen molar-refractivity contribution in [1.29, 1.82) is 0 Å². The molecule has 1 heterocycles. The molecule has 1 rings (SSSR count). The van der Waals surface area contributed by atoms with E-state index in [9.17, 15) is 9.90 Å². The topological polar surface area (TPSA) is 40.1 Å². The van der Waals surface area contributed by atoms with Crippen LogP contribution >= 0.6 is 11.3 Å². The van der Waals surface area contributed by atoms with Gasteiger partial charge in [0.05, 0.1) is 0 Å². The van der Waals surface area contributed by atoms with Crippen LogP contribution in [0.25, 0.3) is 0 Å². The molecule has 0 aromatic carbocycles. The number of rotatable bonds is 2. The zero-order valence-corrected chi connectivity index (χ0v) is 8.48. The van der Waals surface area contributed by atoms with Crippen LogP contribution in [0.4, 0.5) is 0 Å². The van der Waals surface area contributed by atoms with Gasteiger partial charge < -0.3 is 9.90 Å². The predicted octanol–water partition coefficient (Wildman–Crippen LogP) is -2.96. The SMILES string of the molecule is O=C([O-])Cc1ccsc1.[Na+]. The molecule has 4 heteroatoms. The van der Waals surface area contributed by atoms with Gasteiger partial charge in [0.1, 0.15) is 0 Å². The Labute approximate surface area is 85.2 Å². The molecule has 1 aromatic heterocycles. The molecule has 0 saturated carbocycles. The Kier molecular flexibility index (Phi) is 4.99. The van der Waals surface area contributed by atoms with Crippen LogP contribution in [0.3, 0.4) is 0 Å². The van der Waals surface area contributed by atoms with Crippen molar-refractivity contribution in [3.8, 4) is 0 Å². The number of thiophene rings is 1. The van der Waals surface area contributed by atoms with E-state index in [0.29, 0.717) is 0 Å². The van der Waals surface area contributed by atoms with Crippen molar-refractivity contribution in [2.24, 2.45) is 0 Å². The van der Waals surface area contributed by atoms with Gasteiger partial charge in [0, 0.05) is 12.4 Å². The van der Waals surface area contributed by atoms with Crippen molar-refractivity contribution >= 4 is 17.3 Å². The van der Waals surface area contributed by atoms with Crippen LogP contribution in [0, 0.1) is 0 Å². The fourth-order valence-electron chi connectivity index (χ4n) is 0.560. The fraction of sp³-hybridized carbons (Fsp3) is 0.167. The number of carboxylic acids is 1. The molecular formula is C6H5NaO2S. The molecule has 0 aliphatic rings. The summed E-state index contributed by atoms with van der Waals surface area (Å²) in [6.45, 7) is 0. The summed E-state index contributed by atoms with van der Waals surface area (Å²) in [5.74, 6) is -1.02. The summed E-state index contributed by atoms with van der Waals surface area (Å²) in [6.07, 6.45) is 0.0312. The number of carbonyl (C=O) groups is 1. The maximum absolute atomic E-state index is 9.96. The Bertz CT molecular complexity index is 196. The van der Waals surface area contributed by atoms with Gasteiger partial charge in [0.15, 0.2) is 0 Å². The van der Waals surface area contributed by atoms with E-state index in [0.717, 1.165) is 5.56 Å². The van der Waals surface area contributed by atoms with Gasteiger partial charge in [0.25, 0.3) is 0 Å². The average Bonchev–Trinajstić information content (AvgIpc) is 2.15. The Morgan fingerprint density at radius 3 is 2.80 bits per heavy atom. The summed E-state index contributed by atoms with van der Waals surface area (Å²) in [6, 6.07) is 1.78. The summed E-state index contributed by atoms with van der Waals surface area (Å²) in [7, 11) is 0. The molecule has 0 fully saturated rings. The average molecular weight is 164 g/mol. The Hall–Kier alpha value is 0.170. The molecule has 0 aliphatic heterocycles. The van der Waals surface area contributed by atoms with Crippen LogP contribution < -0.4 is 34.7 Å². The number of carboxylic acid groups (broad SMARTS) is 1. The van der Waals surface area contributed by atoms with E-state index >= 15 is 0 Å². The quantitative estimate of drug-likeness (QED) is 0.438. The van der Waals surface area contributed by atoms with E-state index in [1.54, 1.807) is 11.4 Å². The second-order valence-electron chi connectivity index (χ2n) is 1.68. The van der Waals surface area contributed by atoms with Crippen LogP contribution in [0.1, 0.15) is 5.56 Å². The molecule has 0 bridgehead atoms. The molecule has 0 unspecified atom stereocenters. The number of aliphatic carboxylic acids is 1. The van der Waals surface area contributed by atoms with E-state index in [2.05, 4.69) is 0 Å². The first-order chi connectivity index (χ1) is 4.29. The number of hydrogen-bond acceptors (Lipinski definition) is 3. The van der Waals surface area contributed by atoms with Crippen LogP contribution in [0.2, 0.25) is 0 Å². The third-order valence-electron chi connectivity index (χ3n) is 0.929. The smallest absolute Gasteiger partial charge is 0.550 e. The number of hydrogen-bond donors (Lipinski definition) is 0. The Balaban J connectivity index is 0.000000810. The molecule has 2 nitrogen and oxygen atoms in total. The van der Waals surface area contributed by atoms with Crippen LogP contribution in [0.15, 0.2) is 16.8 Å². The molecule has 0 spiro atoms. The monoisotopic (exact) mass is 164 g/mol. The molecule has 10 heavy (non-hydrogen) atoms. The van der Waals surface area contributed by atoms with E-state index < -0.39 is 5.97 Å². The Morgan fingerprint density at radius 1 is 1.70 bits per heavy atom. The van der Waals surface area contributed by atoms with Crippen molar-refractivity contribution in [1.82, 2.24) is 0 Å². The van der Waals surface area contributed by atoms with Crippen LogP contribution in [-0.4, -0.2) is 5.97 Å². The van der Waals surface area contributed by atoms with E-state index in [1.807, 2.05) is 5.38 Å². The molecule has 0 saturated heterocycles. The van der Waals surface area contributed by atoms with Crippen molar-refractivity contribution in [3.05, 3.63) is 22.4 Å². The molecule has 0 atom stereocenters. The van der Waals surface area contributed by atoms with Gasteiger partial charge in [-0.2, -0.15) is 11.3 Å². The minimum atomic E-state index is -1.02. The zero-order chi connectivity index (χ0) is 6.69. The third kappa shape index (κ3) is 3.37. The summed E-state index contributed by atoms with van der Waals surface area (Å²) in [5, 5.41) is 13.6. The molecule has 48 valence electrons. The largest absolute Gasteiger partial charge is 1.00 e. The summed E-state index contributed by atoms with van der Waals surface area (Å²) < 4.78 is 0. The summed E-state index contributed by atoms with van der Waals surface area (Å²) in [4.78, 5) is 9.96. The predicted molar refractivity (Wildman–Crippen MR) is 33.0 cm³/mol. The second-order valence-corrected chi connectivity index (χ2v) is 2.46. The van der Waals surface area contributed by atoms with E-state index in [1.165, 1.54) is 11.3 Å². The standard InChI is InChI=1S/C6H6O2S.Na/c7-6(8)3-5-1-2-9-4-5;/h1-2,4H,3H2,(H,7,8);/q;+1/p-1.